The average Bonchev–Trinajstić information content (AvgIpc) is 2.59. The summed E-state index contributed by atoms with van der Waals surface area (Å²) in [6, 6.07) is 15.7. The molecule has 0 fully saturated rings. The quantitative estimate of drug-likeness (QED) is 0.531. The van der Waals surface area contributed by atoms with E-state index in [4.69, 9.17) is 19.9 Å². The van der Waals surface area contributed by atoms with Gasteiger partial charge in [-0.2, -0.15) is 0 Å². The minimum atomic E-state index is 0.666. The molecule has 0 heterocycles. The molecule has 23 heavy (non-hydrogen) atoms. The van der Waals surface area contributed by atoms with Crippen LogP contribution in [0, 0.1) is 0 Å². The smallest absolute Gasteiger partial charge is 0.162 e. The van der Waals surface area contributed by atoms with Gasteiger partial charge in [-0.05, 0) is 37.0 Å². The van der Waals surface area contributed by atoms with Crippen LogP contribution in [0.5, 0.6) is 11.5 Å². The lowest BCUT2D eigenvalue weighted by Gasteiger charge is -2.11. The molecular weight excluding hydrogens is 290 g/mol. The minimum Gasteiger partial charge on any atom is -0.493 e. The van der Waals surface area contributed by atoms with E-state index in [1.165, 1.54) is 5.56 Å². The van der Waals surface area contributed by atoms with E-state index in [0.29, 0.717) is 24.7 Å². The first kappa shape index (κ1) is 17.2. The van der Waals surface area contributed by atoms with Crippen molar-refractivity contribution >= 4 is 5.69 Å². The van der Waals surface area contributed by atoms with Crippen LogP contribution in [0.2, 0.25) is 0 Å². The van der Waals surface area contributed by atoms with Crippen molar-refractivity contribution in [2.24, 2.45) is 0 Å². The van der Waals surface area contributed by atoms with Crippen LogP contribution in [-0.2, 0) is 11.3 Å². The highest BCUT2D eigenvalue weighted by molar-refractivity contribution is 5.51. The lowest BCUT2D eigenvalue weighted by molar-refractivity contribution is 0.116. The van der Waals surface area contributed by atoms with Gasteiger partial charge in [0, 0.05) is 18.4 Å². The normalized spacial score (nSPS) is 10.5. The van der Waals surface area contributed by atoms with Crippen LogP contribution in [0.1, 0.15) is 24.8 Å². The van der Waals surface area contributed by atoms with Crippen molar-refractivity contribution in [1.29, 1.82) is 0 Å². The Morgan fingerprint density at radius 3 is 2.43 bits per heavy atom. The molecule has 0 aliphatic heterocycles. The number of nitrogens with two attached hydrogens (primary N) is 1. The molecule has 0 bridgehead atoms. The van der Waals surface area contributed by atoms with Gasteiger partial charge in [-0.25, -0.2) is 0 Å². The lowest BCUT2D eigenvalue weighted by Crippen LogP contribution is -2.01. The Hall–Kier alpha value is -2.20. The van der Waals surface area contributed by atoms with Crippen LogP contribution in [0.25, 0.3) is 0 Å². The SMILES string of the molecule is COc1cc(N)ccc1OCCCCCOCc1ccccc1. The van der Waals surface area contributed by atoms with Gasteiger partial charge in [0.05, 0.1) is 20.3 Å². The van der Waals surface area contributed by atoms with Gasteiger partial charge in [0.15, 0.2) is 11.5 Å². The third-order valence-electron chi connectivity index (χ3n) is 3.49. The van der Waals surface area contributed by atoms with E-state index in [-0.39, 0.29) is 0 Å². The number of hydrogen-bond donors (Lipinski definition) is 1. The molecule has 124 valence electrons. The van der Waals surface area contributed by atoms with Crippen molar-refractivity contribution in [3.63, 3.8) is 0 Å². The van der Waals surface area contributed by atoms with Gasteiger partial charge in [0.1, 0.15) is 0 Å². The van der Waals surface area contributed by atoms with Crippen LogP contribution < -0.4 is 15.2 Å². The van der Waals surface area contributed by atoms with Gasteiger partial charge < -0.3 is 19.9 Å². The first-order chi connectivity index (χ1) is 11.3. The molecule has 0 unspecified atom stereocenters. The van der Waals surface area contributed by atoms with Crippen LogP contribution in [-0.4, -0.2) is 20.3 Å². The number of benzene rings is 2. The van der Waals surface area contributed by atoms with E-state index < -0.39 is 0 Å². The zero-order valence-electron chi connectivity index (χ0n) is 13.7. The van der Waals surface area contributed by atoms with Gasteiger partial charge >= 0.3 is 0 Å². The maximum atomic E-state index is 5.74. The van der Waals surface area contributed by atoms with Crippen molar-refractivity contribution < 1.29 is 14.2 Å². The monoisotopic (exact) mass is 315 g/mol. The predicted octanol–water partition coefficient (Wildman–Crippen LogP) is 4.04. The lowest BCUT2D eigenvalue weighted by atomic mass is 10.2. The molecule has 2 N–H and O–H groups in total. The van der Waals surface area contributed by atoms with Crippen LogP contribution in [0.3, 0.4) is 0 Å². The molecular formula is C19H25NO3. The molecule has 0 radical (unpaired) electrons. The molecule has 2 aromatic carbocycles. The predicted molar refractivity (Wildman–Crippen MR) is 92.9 cm³/mol. The Morgan fingerprint density at radius 2 is 1.65 bits per heavy atom. The molecule has 0 aliphatic rings. The van der Waals surface area contributed by atoms with E-state index in [1.807, 2.05) is 30.3 Å². The van der Waals surface area contributed by atoms with Crippen molar-refractivity contribution in [2.75, 3.05) is 26.1 Å². The molecule has 0 aliphatic carbocycles. The summed E-state index contributed by atoms with van der Waals surface area (Å²) in [4.78, 5) is 0. The molecule has 2 aromatic rings. The summed E-state index contributed by atoms with van der Waals surface area (Å²) in [5, 5.41) is 0. The molecule has 0 aromatic heterocycles. The number of rotatable bonds is 10. The third-order valence-corrected chi connectivity index (χ3v) is 3.49. The fourth-order valence-electron chi connectivity index (χ4n) is 2.23. The van der Waals surface area contributed by atoms with Crippen molar-refractivity contribution in [3.05, 3.63) is 54.1 Å². The maximum Gasteiger partial charge on any atom is 0.162 e. The first-order valence-corrected chi connectivity index (χ1v) is 7.97. The van der Waals surface area contributed by atoms with Crippen molar-refractivity contribution in [2.45, 2.75) is 25.9 Å². The topological polar surface area (TPSA) is 53.7 Å². The van der Waals surface area contributed by atoms with Gasteiger partial charge in [-0.1, -0.05) is 30.3 Å². The summed E-state index contributed by atoms with van der Waals surface area (Å²) < 4.78 is 16.7. The Bertz CT molecular complexity index is 572. The van der Waals surface area contributed by atoms with E-state index in [9.17, 15) is 0 Å². The van der Waals surface area contributed by atoms with E-state index in [0.717, 1.165) is 31.6 Å². The Balaban J connectivity index is 1.54. The highest BCUT2D eigenvalue weighted by Gasteiger charge is 2.04. The molecule has 0 amide bonds. The van der Waals surface area contributed by atoms with Gasteiger partial charge in [-0.3, -0.25) is 0 Å². The van der Waals surface area contributed by atoms with Crippen LogP contribution in [0.15, 0.2) is 48.5 Å². The highest BCUT2D eigenvalue weighted by Crippen LogP contribution is 2.29. The van der Waals surface area contributed by atoms with Crippen LogP contribution >= 0.6 is 0 Å². The molecule has 4 heteroatoms. The summed E-state index contributed by atoms with van der Waals surface area (Å²) in [5.74, 6) is 1.42. The molecule has 4 nitrogen and oxygen atoms in total. The van der Waals surface area contributed by atoms with E-state index >= 15 is 0 Å². The fourth-order valence-corrected chi connectivity index (χ4v) is 2.23. The zero-order valence-corrected chi connectivity index (χ0v) is 13.7. The number of nitrogen functional groups attached to an aromatic ring is 1. The highest BCUT2D eigenvalue weighted by atomic mass is 16.5. The largest absolute Gasteiger partial charge is 0.493 e. The summed E-state index contributed by atoms with van der Waals surface area (Å²) >= 11 is 0. The first-order valence-electron chi connectivity index (χ1n) is 7.97. The number of unbranched alkanes of at least 4 members (excludes halogenated alkanes) is 2. The van der Waals surface area contributed by atoms with E-state index in [2.05, 4.69) is 12.1 Å². The maximum absolute atomic E-state index is 5.74. The molecule has 0 saturated heterocycles. The van der Waals surface area contributed by atoms with E-state index in [1.54, 1.807) is 13.2 Å². The summed E-state index contributed by atoms with van der Waals surface area (Å²) in [6.07, 6.45) is 3.10. The molecule has 0 spiro atoms. The van der Waals surface area contributed by atoms with Gasteiger partial charge in [-0.15, -0.1) is 0 Å². The van der Waals surface area contributed by atoms with Crippen molar-refractivity contribution in [3.8, 4) is 11.5 Å². The second kappa shape index (κ2) is 9.74. The number of methoxy groups -OCH3 is 1. The molecule has 0 saturated carbocycles. The summed E-state index contributed by atoms with van der Waals surface area (Å²) in [5.41, 5.74) is 7.60. The summed E-state index contributed by atoms with van der Waals surface area (Å²) in [6.45, 7) is 2.12. The molecule has 0 atom stereocenters. The third kappa shape index (κ3) is 6.20. The zero-order chi connectivity index (χ0) is 16.3. The number of ether oxygens (including phenoxy) is 3. The van der Waals surface area contributed by atoms with Crippen molar-refractivity contribution in [1.82, 2.24) is 0 Å². The van der Waals surface area contributed by atoms with Gasteiger partial charge in [0.2, 0.25) is 0 Å². The fraction of sp³-hybridized carbons (Fsp3) is 0.368. The minimum absolute atomic E-state index is 0.666. The average molecular weight is 315 g/mol. The second-order valence-electron chi connectivity index (χ2n) is 5.36. The Morgan fingerprint density at radius 1 is 0.870 bits per heavy atom. The Kier molecular flexibility index (Phi) is 7.27. The standard InChI is InChI=1S/C19H25NO3/c1-21-19-14-17(20)10-11-18(19)23-13-7-3-6-12-22-15-16-8-4-2-5-9-16/h2,4-5,8-11,14H,3,6-7,12-13,15,20H2,1H3. The van der Waals surface area contributed by atoms with Gasteiger partial charge in [0.25, 0.3) is 0 Å². The van der Waals surface area contributed by atoms with Crippen LogP contribution in [0.4, 0.5) is 5.69 Å². The molecule has 2 rings (SSSR count). The Labute approximate surface area is 138 Å². The summed E-state index contributed by atoms with van der Waals surface area (Å²) in [7, 11) is 1.62. The number of anilines is 1. The number of hydrogen-bond acceptors (Lipinski definition) is 4. The second-order valence-corrected chi connectivity index (χ2v) is 5.36.